The predicted molar refractivity (Wildman–Crippen MR) is 101 cm³/mol. The highest BCUT2D eigenvalue weighted by atomic mass is 16.5. The van der Waals surface area contributed by atoms with Crippen LogP contribution in [0.5, 0.6) is 11.5 Å². The third-order valence-electron chi connectivity index (χ3n) is 5.51. The van der Waals surface area contributed by atoms with Crippen LogP contribution in [0.3, 0.4) is 0 Å². The summed E-state index contributed by atoms with van der Waals surface area (Å²) in [6.07, 6.45) is 1.87. The van der Waals surface area contributed by atoms with Gasteiger partial charge in [-0.2, -0.15) is 0 Å². The molecule has 2 aromatic rings. The molecule has 4 rings (SSSR count). The van der Waals surface area contributed by atoms with Gasteiger partial charge in [0.25, 0.3) is 0 Å². The molecule has 1 aliphatic heterocycles. The molecule has 136 valence electrons. The minimum absolute atomic E-state index is 0.0153. The number of nitrogens with zero attached hydrogens (tertiary/aromatic N) is 1. The van der Waals surface area contributed by atoms with E-state index in [1.165, 1.54) is 11.1 Å². The Morgan fingerprint density at radius 2 is 1.96 bits per heavy atom. The van der Waals surface area contributed by atoms with Gasteiger partial charge in [-0.25, -0.2) is 0 Å². The van der Waals surface area contributed by atoms with Gasteiger partial charge in [0.05, 0.1) is 5.41 Å². The lowest BCUT2D eigenvalue weighted by Gasteiger charge is -2.40. The molecule has 0 radical (unpaired) electrons. The second-order valence-corrected chi connectivity index (χ2v) is 8.42. The Kier molecular flexibility index (Phi) is 3.85. The summed E-state index contributed by atoms with van der Waals surface area (Å²) in [6.45, 7) is 6.49. The Morgan fingerprint density at radius 3 is 2.69 bits per heavy atom. The first kappa shape index (κ1) is 17.1. The average molecular weight is 351 g/mol. The number of carbonyl (C=O) groups is 1. The molecule has 4 heteroatoms. The van der Waals surface area contributed by atoms with Crippen LogP contribution in [0.25, 0.3) is 11.1 Å². The zero-order chi connectivity index (χ0) is 18.6. The zero-order valence-corrected chi connectivity index (χ0v) is 15.8. The van der Waals surface area contributed by atoms with Crippen molar-refractivity contribution < 1.29 is 14.6 Å². The highest BCUT2D eigenvalue weighted by molar-refractivity contribution is 5.87. The molecule has 2 aromatic carbocycles. The quantitative estimate of drug-likeness (QED) is 0.621. The van der Waals surface area contributed by atoms with Gasteiger partial charge in [-0.1, -0.05) is 24.3 Å². The number of phenolic OH excluding ortho intramolecular Hbond substituents is 1. The van der Waals surface area contributed by atoms with Crippen LogP contribution >= 0.6 is 0 Å². The number of aromatic hydroxyl groups is 1. The summed E-state index contributed by atoms with van der Waals surface area (Å²) >= 11 is 0. The van der Waals surface area contributed by atoms with Gasteiger partial charge in [0, 0.05) is 18.2 Å². The maximum atomic E-state index is 12.5. The molecule has 1 N–H and O–H groups in total. The summed E-state index contributed by atoms with van der Waals surface area (Å²) in [7, 11) is 2.16. The van der Waals surface area contributed by atoms with Crippen molar-refractivity contribution in [1.29, 1.82) is 0 Å². The van der Waals surface area contributed by atoms with Gasteiger partial charge in [-0.15, -0.1) is 0 Å². The van der Waals surface area contributed by atoms with E-state index in [1.54, 1.807) is 6.07 Å². The Labute approximate surface area is 154 Å². The van der Waals surface area contributed by atoms with E-state index in [0.29, 0.717) is 11.8 Å². The van der Waals surface area contributed by atoms with E-state index in [2.05, 4.69) is 30.1 Å². The van der Waals surface area contributed by atoms with Crippen molar-refractivity contribution in [1.82, 2.24) is 4.90 Å². The molecule has 0 saturated heterocycles. The maximum Gasteiger partial charge on any atom is 0.316 e. The van der Waals surface area contributed by atoms with Crippen molar-refractivity contribution in [3.63, 3.8) is 0 Å². The Morgan fingerprint density at radius 1 is 1.19 bits per heavy atom. The fourth-order valence-electron chi connectivity index (χ4n) is 4.01. The standard InChI is InChI=1S/C22H25NO3/c1-22(2,3)21(25)26-20-17(24)9-8-14-12-16-18-13(10-11-23(16)4)6-5-7-15(18)19(14)20/h5-9,16,24H,10-12H2,1-4H3/t16-/m1/s1. The van der Waals surface area contributed by atoms with Gasteiger partial charge >= 0.3 is 5.97 Å². The number of fused-ring (bicyclic) bond motifs is 2. The van der Waals surface area contributed by atoms with E-state index in [1.807, 2.05) is 26.8 Å². The van der Waals surface area contributed by atoms with Crippen molar-refractivity contribution in [2.45, 2.75) is 39.7 Å². The van der Waals surface area contributed by atoms with Crippen molar-refractivity contribution in [2.24, 2.45) is 5.41 Å². The molecule has 26 heavy (non-hydrogen) atoms. The van der Waals surface area contributed by atoms with Crippen molar-refractivity contribution in [3.8, 4) is 22.6 Å². The molecule has 1 heterocycles. The smallest absolute Gasteiger partial charge is 0.316 e. The summed E-state index contributed by atoms with van der Waals surface area (Å²) in [6, 6.07) is 10.3. The number of hydrogen-bond donors (Lipinski definition) is 1. The summed E-state index contributed by atoms with van der Waals surface area (Å²) in [5, 5.41) is 10.5. The number of esters is 1. The molecule has 0 saturated carbocycles. The third kappa shape index (κ3) is 2.60. The van der Waals surface area contributed by atoms with E-state index in [4.69, 9.17) is 4.74 Å². The second-order valence-electron chi connectivity index (χ2n) is 8.42. The Bertz CT molecular complexity index is 895. The molecule has 0 amide bonds. The van der Waals surface area contributed by atoms with E-state index >= 15 is 0 Å². The van der Waals surface area contributed by atoms with Crippen LogP contribution in [0.4, 0.5) is 0 Å². The summed E-state index contributed by atoms with van der Waals surface area (Å²) < 4.78 is 5.72. The first-order valence-electron chi connectivity index (χ1n) is 9.17. The summed E-state index contributed by atoms with van der Waals surface area (Å²) in [5.41, 5.74) is 5.09. The Balaban J connectivity index is 1.91. The van der Waals surface area contributed by atoms with Crippen LogP contribution < -0.4 is 4.74 Å². The number of hydrogen-bond acceptors (Lipinski definition) is 4. The minimum atomic E-state index is -0.636. The number of phenols is 1. The molecule has 0 unspecified atom stereocenters. The van der Waals surface area contributed by atoms with Crippen LogP contribution in [0.2, 0.25) is 0 Å². The van der Waals surface area contributed by atoms with Gasteiger partial charge in [-0.05, 0) is 69.0 Å². The maximum absolute atomic E-state index is 12.5. The average Bonchev–Trinajstić information content (AvgIpc) is 2.59. The highest BCUT2D eigenvalue weighted by Crippen LogP contribution is 2.50. The van der Waals surface area contributed by atoms with Gasteiger partial charge in [0.2, 0.25) is 0 Å². The minimum Gasteiger partial charge on any atom is -0.504 e. The summed E-state index contributed by atoms with van der Waals surface area (Å²) in [5.74, 6) is -0.0330. The second kappa shape index (κ2) is 5.85. The zero-order valence-electron chi connectivity index (χ0n) is 15.8. The highest BCUT2D eigenvalue weighted by Gasteiger charge is 2.35. The normalized spacial score (nSPS) is 18.8. The van der Waals surface area contributed by atoms with Gasteiger partial charge in [-0.3, -0.25) is 9.69 Å². The van der Waals surface area contributed by atoms with Crippen molar-refractivity contribution in [3.05, 3.63) is 47.0 Å². The van der Waals surface area contributed by atoms with Crippen LogP contribution in [-0.4, -0.2) is 29.6 Å². The largest absolute Gasteiger partial charge is 0.504 e. The lowest BCUT2D eigenvalue weighted by atomic mass is 9.77. The number of carbonyl (C=O) groups excluding carboxylic acids is 1. The van der Waals surface area contributed by atoms with Crippen LogP contribution in [0.15, 0.2) is 30.3 Å². The third-order valence-corrected chi connectivity index (χ3v) is 5.51. The van der Waals surface area contributed by atoms with Crippen LogP contribution in [-0.2, 0) is 17.6 Å². The molecule has 2 aliphatic rings. The molecular weight excluding hydrogens is 326 g/mol. The van der Waals surface area contributed by atoms with Gasteiger partial charge < -0.3 is 9.84 Å². The summed E-state index contributed by atoms with van der Waals surface area (Å²) in [4.78, 5) is 14.9. The van der Waals surface area contributed by atoms with E-state index in [0.717, 1.165) is 36.1 Å². The first-order chi connectivity index (χ1) is 12.3. The monoisotopic (exact) mass is 351 g/mol. The lowest BCUT2D eigenvalue weighted by molar-refractivity contribution is -0.143. The van der Waals surface area contributed by atoms with E-state index in [9.17, 15) is 9.90 Å². The number of ether oxygens (including phenoxy) is 1. The molecule has 4 nitrogen and oxygen atoms in total. The molecular formula is C22H25NO3. The van der Waals surface area contributed by atoms with Crippen LogP contribution in [0, 0.1) is 5.41 Å². The fraction of sp³-hybridized carbons (Fsp3) is 0.409. The molecule has 1 atom stereocenters. The molecule has 0 bridgehead atoms. The van der Waals surface area contributed by atoms with E-state index < -0.39 is 5.41 Å². The number of benzene rings is 2. The van der Waals surface area contributed by atoms with Crippen LogP contribution in [0.1, 0.15) is 43.5 Å². The predicted octanol–water partition coefficient (Wildman–Crippen LogP) is 4.10. The lowest BCUT2D eigenvalue weighted by Crippen LogP contribution is -2.35. The molecule has 0 spiro atoms. The van der Waals surface area contributed by atoms with Gasteiger partial charge in [0.15, 0.2) is 11.5 Å². The SMILES string of the molecule is CN1CCc2cccc3c2[C@H]1Cc1ccc(O)c(OC(=O)C(C)(C)C)c1-3. The van der Waals surface area contributed by atoms with Crippen molar-refractivity contribution in [2.75, 3.05) is 13.6 Å². The fourth-order valence-corrected chi connectivity index (χ4v) is 4.01. The Hall–Kier alpha value is -2.33. The van der Waals surface area contributed by atoms with Gasteiger partial charge in [0.1, 0.15) is 0 Å². The molecule has 1 aliphatic carbocycles. The van der Waals surface area contributed by atoms with Crippen molar-refractivity contribution >= 4 is 5.97 Å². The number of likely N-dealkylation sites (N-methyl/N-ethyl adjacent to an activating group) is 1. The first-order valence-corrected chi connectivity index (χ1v) is 9.17. The van der Waals surface area contributed by atoms with E-state index in [-0.39, 0.29) is 11.7 Å². The molecule has 0 fully saturated rings. The molecule has 0 aromatic heterocycles. The topological polar surface area (TPSA) is 49.8 Å². The number of rotatable bonds is 1.